The summed E-state index contributed by atoms with van der Waals surface area (Å²) in [5, 5.41) is 15.1. The van der Waals surface area contributed by atoms with E-state index in [1.165, 1.54) is 12.4 Å². The van der Waals surface area contributed by atoms with Crippen molar-refractivity contribution in [1.29, 1.82) is 0 Å². The summed E-state index contributed by atoms with van der Waals surface area (Å²) in [5.41, 5.74) is -0.764. The van der Waals surface area contributed by atoms with Gasteiger partial charge in [-0.05, 0) is 6.92 Å². The van der Waals surface area contributed by atoms with E-state index in [0.29, 0.717) is 0 Å². The van der Waals surface area contributed by atoms with Crippen LogP contribution in [0.3, 0.4) is 0 Å². The van der Waals surface area contributed by atoms with Gasteiger partial charge < -0.3 is 10.4 Å². The number of aromatic nitrogens is 3. The lowest BCUT2D eigenvalue weighted by Gasteiger charge is -2.11. The molecule has 0 aromatic carbocycles. The standard InChI is InChI=1S/C10H11F3N4O/c1-6(5-18)15-9-7-4-8(10(11,12)13)16-17(7)3-2-14-9/h2-4,6,18H,5H2,1H3,(H,14,15). The largest absolute Gasteiger partial charge is 0.435 e. The first-order chi connectivity index (χ1) is 8.41. The minimum atomic E-state index is -4.49. The molecule has 0 bridgehead atoms. The zero-order valence-corrected chi connectivity index (χ0v) is 9.44. The van der Waals surface area contributed by atoms with Crippen LogP contribution in [0.5, 0.6) is 0 Å². The summed E-state index contributed by atoms with van der Waals surface area (Å²) in [6.45, 7) is 1.54. The lowest BCUT2D eigenvalue weighted by Crippen LogP contribution is -2.20. The maximum absolute atomic E-state index is 12.5. The van der Waals surface area contributed by atoms with Crippen molar-refractivity contribution < 1.29 is 18.3 Å². The van der Waals surface area contributed by atoms with E-state index in [9.17, 15) is 13.2 Å². The molecule has 2 heterocycles. The molecule has 2 aromatic rings. The molecule has 0 amide bonds. The monoisotopic (exact) mass is 260 g/mol. The number of aliphatic hydroxyl groups is 1. The summed E-state index contributed by atoms with van der Waals surface area (Å²) in [4.78, 5) is 3.94. The van der Waals surface area contributed by atoms with Crippen molar-refractivity contribution in [2.45, 2.75) is 19.1 Å². The predicted molar refractivity (Wildman–Crippen MR) is 58.2 cm³/mol. The molecule has 0 aliphatic carbocycles. The Morgan fingerprint density at radius 1 is 1.50 bits per heavy atom. The molecule has 0 saturated carbocycles. The van der Waals surface area contributed by atoms with Gasteiger partial charge in [-0.2, -0.15) is 18.3 Å². The first-order valence-corrected chi connectivity index (χ1v) is 5.21. The molecule has 2 aromatic heterocycles. The number of fused-ring (bicyclic) bond motifs is 1. The number of rotatable bonds is 3. The summed E-state index contributed by atoms with van der Waals surface area (Å²) in [6.07, 6.45) is -1.82. The van der Waals surface area contributed by atoms with E-state index in [-0.39, 0.29) is 24.0 Å². The minimum Gasteiger partial charge on any atom is -0.394 e. The lowest BCUT2D eigenvalue weighted by molar-refractivity contribution is -0.141. The van der Waals surface area contributed by atoms with Crippen LogP contribution in [-0.4, -0.2) is 32.4 Å². The Kier molecular flexibility index (Phi) is 3.12. The van der Waals surface area contributed by atoms with Gasteiger partial charge in [0.2, 0.25) is 0 Å². The topological polar surface area (TPSA) is 62.5 Å². The number of hydrogen-bond donors (Lipinski definition) is 2. The van der Waals surface area contributed by atoms with Crippen molar-refractivity contribution in [3.63, 3.8) is 0 Å². The Morgan fingerprint density at radius 2 is 2.22 bits per heavy atom. The summed E-state index contributed by atoms with van der Waals surface area (Å²) in [5.74, 6) is 0.252. The highest BCUT2D eigenvalue weighted by Crippen LogP contribution is 2.30. The van der Waals surface area contributed by atoms with Crippen molar-refractivity contribution in [3.05, 3.63) is 24.2 Å². The molecule has 0 aliphatic heterocycles. The minimum absolute atomic E-state index is 0.150. The molecule has 0 saturated heterocycles. The van der Waals surface area contributed by atoms with Gasteiger partial charge in [-0.1, -0.05) is 0 Å². The second-order valence-corrected chi connectivity index (χ2v) is 3.86. The molecule has 0 fully saturated rings. The molecule has 1 unspecified atom stereocenters. The number of nitrogens with zero attached hydrogens (tertiary/aromatic N) is 3. The Morgan fingerprint density at radius 3 is 2.83 bits per heavy atom. The molecule has 1 atom stereocenters. The smallest absolute Gasteiger partial charge is 0.394 e. The zero-order valence-electron chi connectivity index (χ0n) is 9.44. The third kappa shape index (κ3) is 2.37. The highest BCUT2D eigenvalue weighted by atomic mass is 19.4. The Balaban J connectivity index is 2.46. The van der Waals surface area contributed by atoms with Crippen LogP contribution < -0.4 is 5.32 Å². The first-order valence-electron chi connectivity index (χ1n) is 5.21. The molecule has 5 nitrogen and oxygen atoms in total. The van der Waals surface area contributed by atoms with E-state index in [2.05, 4.69) is 15.4 Å². The van der Waals surface area contributed by atoms with E-state index < -0.39 is 11.9 Å². The second-order valence-electron chi connectivity index (χ2n) is 3.86. The van der Waals surface area contributed by atoms with Crippen LogP contribution in [0.4, 0.5) is 19.0 Å². The van der Waals surface area contributed by atoms with E-state index in [1.54, 1.807) is 6.92 Å². The van der Waals surface area contributed by atoms with E-state index in [0.717, 1.165) is 10.6 Å². The molecule has 98 valence electrons. The van der Waals surface area contributed by atoms with Gasteiger partial charge in [0.05, 0.1) is 6.61 Å². The van der Waals surface area contributed by atoms with Crippen LogP contribution in [0, 0.1) is 0 Å². The molecule has 0 aliphatic rings. The van der Waals surface area contributed by atoms with Gasteiger partial charge in [0.1, 0.15) is 5.52 Å². The van der Waals surface area contributed by atoms with Crippen LogP contribution in [0.2, 0.25) is 0 Å². The molecular weight excluding hydrogens is 249 g/mol. The van der Waals surface area contributed by atoms with Gasteiger partial charge in [0.25, 0.3) is 0 Å². The Labute approximate surface area is 100 Å². The lowest BCUT2D eigenvalue weighted by atomic mass is 10.3. The average Bonchev–Trinajstić information content (AvgIpc) is 2.73. The first kappa shape index (κ1) is 12.6. The molecule has 2 N–H and O–H groups in total. The molecule has 2 rings (SSSR count). The van der Waals surface area contributed by atoms with Crippen LogP contribution >= 0.6 is 0 Å². The number of nitrogens with one attached hydrogen (secondary N) is 1. The van der Waals surface area contributed by atoms with Crippen molar-refractivity contribution in [1.82, 2.24) is 14.6 Å². The van der Waals surface area contributed by atoms with Gasteiger partial charge >= 0.3 is 6.18 Å². The third-order valence-corrected chi connectivity index (χ3v) is 2.34. The fraction of sp³-hybridized carbons (Fsp3) is 0.400. The number of alkyl halides is 3. The molecular formula is C10H11F3N4O. The molecule has 18 heavy (non-hydrogen) atoms. The Bertz CT molecular complexity index is 552. The van der Waals surface area contributed by atoms with Gasteiger partial charge in [-0.25, -0.2) is 9.50 Å². The summed E-state index contributed by atoms with van der Waals surface area (Å²) < 4.78 is 38.7. The van der Waals surface area contributed by atoms with Crippen molar-refractivity contribution in [2.24, 2.45) is 0 Å². The molecule has 8 heteroatoms. The normalized spacial score (nSPS) is 13.8. The van der Waals surface area contributed by atoms with Crippen molar-refractivity contribution >= 4 is 11.3 Å². The second kappa shape index (κ2) is 4.45. The van der Waals surface area contributed by atoms with E-state index in [4.69, 9.17) is 5.11 Å². The van der Waals surface area contributed by atoms with Gasteiger partial charge in [0, 0.05) is 24.5 Å². The SMILES string of the molecule is CC(CO)Nc1nccn2nc(C(F)(F)F)cc12. The number of halogens is 3. The number of aliphatic hydroxyl groups excluding tert-OH is 1. The summed E-state index contributed by atoms with van der Waals surface area (Å²) in [6, 6.07) is 0.604. The van der Waals surface area contributed by atoms with Gasteiger partial charge in [-0.15, -0.1) is 0 Å². The van der Waals surface area contributed by atoms with Crippen LogP contribution in [0.25, 0.3) is 5.52 Å². The average molecular weight is 260 g/mol. The predicted octanol–water partition coefficient (Wildman–Crippen LogP) is 1.54. The fourth-order valence-corrected chi connectivity index (χ4v) is 1.45. The van der Waals surface area contributed by atoms with Crippen LogP contribution in [-0.2, 0) is 6.18 Å². The summed E-state index contributed by atoms with van der Waals surface area (Å²) in [7, 11) is 0. The number of hydrogen-bond acceptors (Lipinski definition) is 4. The Hall–Kier alpha value is -1.83. The van der Waals surface area contributed by atoms with Crippen molar-refractivity contribution in [3.8, 4) is 0 Å². The molecule has 0 spiro atoms. The van der Waals surface area contributed by atoms with Gasteiger partial charge in [-0.3, -0.25) is 0 Å². The quantitative estimate of drug-likeness (QED) is 0.878. The maximum Gasteiger partial charge on any atom is 0.435 e. The highest BCUT2D eigenvalue weighted by Gasteiger charge is 2.34. The van der Waals surface area contributed by atoms with E-state index in [1.807, 2.05) is 0 Å². The fourth-order valence-electron chi connectivity index (χ4n) is 1.45. The highest BCUT2D eigenvalue weighted by molar-refractivity contribution is 5.68. The third-order valence-electron chi connectivity index (χ3n) is 2.34. The van der Waals surface area contributed by atoms with Crippen LogP contribution in [0.1, 0.15) is 12.6 Å². The van der Waals surface area contributed by atoms with Crippen LogP contribution in [0.15, 0.2) is 18.5 Å². The summed E-state index contributed by atoms with van der Waals surface area (Å²) >= 11 is 0. The maximum atomic E-state index is 12.5. The number of anilines is 1. The molecule has 0 radical (unpaired) electrons. The van der Waals surface area contributed by atoms with E-state index >= 15 is 0 Å². The zero-order chi connectivity index (χ0) is 13.3. The van der Waals surface area contributed by atoms with Gasteiger partial charge in [0.15, 0.2) is 11.5 Å². The van der Waals surface area contributed by atoms with Crippen molar-refractivity contribution in [2.75, 3.05) is 11.9 Å².